The van der Waals surface area contributed by atoms with E-state index in [0.29, 0.717) is 17.5 Å². The summed E-state index contributed by atoms with van der Waals surface area (Å²) in [6.45, 7) is 2.53. The number of piperidine rings is 1. The molecule has 1 saturated heterocycles. The third kappa shape index (κ3) is 3.15. The van der Waals surface area contributed by atoms with E-state index in [9.17, 15) is 4.79 Å². The minimum atomic E-state index is -0.385. The van der Waals surface area contributed by atoms with Gasteiger partial charge in [-0.25, -0.2) is 9.79 Å². The van der Waals surface area contributed by atoms with Crippen LogP contribution in [-0.4, -0.2) is 36.4 Å². The summed E-state index contributed by atoms with van der Waals surface area (Å²) in [5.41, 5.74) is 6.95. The molecule has 0 amide bonds. The van der Waals surface area contributed by atoms with Gasteiger partial charge in [-0.3, -0.25) is 0 Å². The lowest BCUT2D eigenvalue weighted by Crippen LogP contribution is -2.33. The second kappa shape index (κ2) is 6.69. The van der Waals surface area contributed by atoms with E-state index in [2.05, 4.69) is 9.89 Å². The minimum absolute atomic E-state index is 0.370. The van der Waals surface area contributed by atoms with E-state index < -0.39 is 0 Å². The molecule has 2 aliphatic heterocycles. The molecule has 1 fully saturated rings. The Bertz CT molecular complexity index is 859. The van der Waals surface area contributed by atoms with Crippen LogP contribution in [0, 0.1) is 5.92 Å². The topological polar surface area (TPSA) is 67.9 Å². The van der Waals surface area contributed by atoms with Crippen molar-refractivity contribution in [3.63, 3.8) is 0 Å². The van der Waals surface area contributed by atoms with Crippen molar-refractivity contribution in [3.05, 3.63) is 59.9 Å². The van der Waals surface area contributed by atoms with Crippen LogP contribution < -0.4 is 5.73 Å². The average Bonchev–Trinajstić information content (AvgIpc) is 3.02. The van der Waals surface area contributed by atoms with Crippen molar-refractivity contribution in [1.82, 2.24) is 4.90 Å². The zero-order chi connectivity index (χ0) is 17.2. The summed E-state index contributed by atoms with van der Waals surface area (Å²) in [5, 5.41) is 2.13. The summed E-state index contributed by atoms with van der Waals surface area (Å²) in [7, 11) is 0. The lowest BCUT2D eigenvalue weighted by Gasteiger charge is -2.30. The lowest BCUT2D eigenvalue weighted by molar-refractivity contribution is -0.130. The Morgan fingerprint density at radius 2 is 1.92 bits per heavy atom. The number of hydrogen-bond donors (Lipinski definition) is 1. The van der Waals surface area contributed by atoms with Crippen molar-refractivity contribution in [1.29, 1.82) is 0 Å². The van der Waals surface area contributed by atoms with Gasteiger partial charge in [0.2, 0.25) is 5.90 Å². The zero-order valence-electron chi connectivity index (χ0n) is 14.0. The quantitative estimate of drug-likeness (QED) is 0.692. The zero-order valence-corrected chi connectivity index (χ0v) is 14.0. The second-order valence-electron chi connectivity index (χ2n) is 6.56. The molecule has 0 aliphatic carbocycles. The van der Waals surface area contributed by atoms with Crippen LogP contribution in [0.1, 0.15) is 18.4 Å². The van der Waals surface area contributed by atoms with Crippen LogP contribution in [0.4, 0.5) is 0 Å². The molecule has 0 atom stereocenters. The van der Waals surface area contributed by atoms with E-state index in [0.717, 1.165) is 48.8 Å². The fourth-order valence-corrected chi connectivity index (χ4v) is 3.42. The number of nitrogens with zero attached hydrogens (tertiary/aromatic N) is 2. The van der Waals surface area contributed by atoms with E-state index in [4.69, 9.17) is 10.5 Å². The van der Waals surface area contributed by atoms with Gasteiger partial charge in [-0.1, -0.05) is 36.4 Å². The number of carbonyl (C=O) groups excluding carboxylic acids is 1. The number of fused-ring (bicyclic) bond motifs is 1. The summed E-state index contributed by atoms with van der Waals surface area (Å²) in [4.78, 5) is 18.8. The number of rotatable bonds is 3. The Labute approximate surface area is 146 Å². The number of nitrogens with two attached hydrogens (primary N) is 1. The molecule has 0 radical (unpaired) electrons. The number of aliphatic imine (C=N–C) groups is 1. The summed E-state index contributed by atoms with van der Waals surface area (Å²) in [5.74, 6) is 0.578. The molecule has 2 heterocycles. The maximum absolute atomic E-state index is 12.2. The van der Waals surface area contributed by atoms with Crippen LogP contribution in [0.5, 0.6) is 0 Å². The van der Waals surface area contributed by atoms with E-state index in [1.807, 2.05) is 48.7 Å². The molecule has 0 saturated carbocycles. The Morgan fingerprint density at radius 1 is 1.16 bits per heavy atom. The van der Waals surface area contributed by atoms with E-state index in [1.165, 1.54) is 0 Å². The molecule has 5 nitrogen and oxygen atoms in total. The molecule has 0 spiro atoms. The summed E-state index contributed by atoms with van der Waals surface area (Å²) >= 11 is 0. The first kappa shape index (κ1) is 15.8. The SMILES string of the molecule is NCC1CCN(C=C2N=C(c3cccc4ccccc34)OC2=O)CC1. The Balaban J connectivity index is 1.61. The first-order chi connectivity index (χ1) is 12.2. The molecule has 25 heavy (non-hydrogen) atoms. The number of cyclic esters (lactones) is 1. The third-order valence-corrected chi connectivity index (χ3v) is 4.93. The van der Waals surface area contributed by atoms with Crippen molar-refractivity contribution in [3.8, 4) is 0 Å². The highest BCUT2D eigenvalue weighted by Crippen LogP contribution is 2.25. The fourth-order valence-electron chi connectivity index (χ4n) is 3.42. The van der Waals surface area contributed by atoms with Gasteiger partial charge in [0, 0.05) is 24.9 Å². The number of hydrogen-bond acceptors (Lipinski definition) is 5. The molecule has 2 aromatic rings. The summed E-state index contributed by atoms with van der Waals surface area (Å²) < 4.78 is 5.45. The number of carbonyl (C=O) groups is 1. The second-order valence-corrected chi connectivity index (χ2v) is 6.56. The maximum Gasteiger partial charge on any atom is 0.365 e. The number of benzene rings is 2. The van der Waals surface area contributed by atoms with Gasteiger partial charge in [-0.15, -0.1) is 0 Å². The van der Waals surface area contributed by atoms with Crippen LogP contribution in [-0.2, 0) is 9.53 Å². The molecule has 2 N–H and O–H groups in total. The molecule has 0 bridgehead atoms. The Morgan fingerprint density at radius 3 is 2.72 bits per heavy atom. The average molecular weight is 335 g/mol. The minimum Gasteiger partial charge on any atom is -0.402 e. The molecular formula is C20H21N3O2. The van der Waals surface area contributed by atoms with Crippen LogP contribution >= 0.6 is 0 Å². The van der Waals surface area contributed by atoms with Crippen LogP contribution in [0.25, 0.3) is 10.8 Å². The molecule has 0 unspecified atom stereocenters. The van der Waals surface area contributed by atoms with Crippen molar-refractivity contribution in [2.45, 2.75) is 12.8 Å². The van der Waals surface area contributed by atoms with Gasteiger partial charge in [0.1, 0.15) is 0 Å². The largest absolute Gasteiger partial charge is 0.402 e. The molecular weight excluding hydrogens is 314 g/mol. The van der Waals surface area contributed by atoms with Gasteiger partial charge in [0.15, 0.2) is 5.70 Å². The van der Waals surface area contributed by atoms with E-state index >= 15 is 0 Å². The fraction of sp³-hybridized carbons (Fsp3) is 0.300. The van der Waals surface area contributed by atoms with Crippen LogP contribution in [0.15, 0.2) is 59.4 Å². The first-order valence-electron chi connectivity index (χ1n) is 8.69. The van der Waals surface area contributed by atoms with Gasteiger partial charge >= 0.3 is 5.97 Å². The van der Waals surface area contributed by atoms with Crippen molar-refractivity contribution < 1.29 is 9.53 Å². The van der Waals surface area contributed by atoms with Gasteiger partial charge in [-0.05, 0) is 42.1 Å². The molecule has 0 aromatic heterocycles. The van der Waals surface area contributed by atoms with Crippen molar-refractivity contribution in [2.75, 3.05) is 19.6 Å². The van der Waals surface area contributed by atoms with E-state index in [-0.39, 0.29) is 5.97 Å². The number of esters is 1. The lowest BCUT2D eigenvalue weighted by atomic mass is 9.97. The number of ether oxygens (including phenoxy) is 1. The maximum atomic E-state index is 12.2. The predicted molar refractivity (Wildman–Crippen MR) is 98.0 cm³/mol. The Hall–Kier alpha value is -2.66. The first-order valence-corrected chi connectivity index (χ1v) is 8.69. The monoisotopic (exact) mass is 335 g/mol. The van der Waals surface area contributed by atoms with Crippen molar-refractivity contribution >= 4 is 22.6 Å². The summed E-state index contributed by atoms with van der Waals surface area (Å²) in [6, 6.07) is 13.9. The van der Waals surface area contributed by atoms with Gasteiger partial charge < -0.3 is 15.4 Å². The predicted octanol–water partition coefficient (Wildman–Crippen LogP) is 2.66. The van der Waals surface area contributed by atoms with Crippen LogP contribution in [0.2, 0.25) is 0 Å². The Kier molecular flexibility index (Phi) is 4.24. The smallest absolute Gasteiger partial charge is 0.365 e. The molecule has 5 heteroatoms. The molecule has 2 aromatic carbocycles. The standard InChI is InChI=1S/C20H21N3O2/c21-12-14-8-10-23(11-9-14)13-18-20(24)25-19(22-18)17-7-3-5-15-4-1-2-6-16(15)17/h1-7,13-14H,8-12,21H2. The highest BCUT2D eigenvalue weighted by molar-refractivity contribution is 6.16. The molecule has 2 aliphatic rings. The van der Waals surface area contributed by atoms with Crippen LogP contribution in [0.3, 0.4) is 0 Å². The summed E-state index contributed by atoms with van der Waals surface area (Å²) in [6.07, 6.45) is 3.93. The highest BCUT2D eigenvalue weighted by Gasteiger charge is 2.27. The third-order valence-electron chi connectivity index (χ3n) is 4.93. The normalized spacial score (nSPS) is 20.2. The van der Waals surface area contributed by atoms with Gasteiger partial charge in [-0.2, -0.15) is 0 Å². The van der Waals surface area contributed by atoms with Gasteiger partial charge in [0.05, 0.1) is 0 Å². The highest BCUT2D eigenvalue weighted by atomic mass is 16.6. The molecule has 4 rings (SSSR count). The van der Waals surface area contributed by atoms with Crippen molar-refractivity contribution in [2.24, 2.45) is 16.6 Å². The molecule has 128 valence electrons. The van der Waals surface area contributed by atoms with E-state index in [1.54, 1.807) is 0 Å². The van der Waals surface area contributed by atoms with Gasteiger partial charge in [0.25, 0.3) is 0 Å². The number of likely N-dealkylation sites (tertiary alicyclic amines) is 1.